The van der Waals surface area contributed by atoms with Crippen molar-refractivity contribution in [2.45, 2.75) is 0 Å². The van der Waals surface area contributed by atoms with Gasteiger partial charge in [-0.15, -0.1) is 0 Å². The van der Waals surface area contributed by atoms with Gasteiger partial charge in [0, 0.05) is 0 Å². The molecule has 0 aromatic heterocycles. The molecule has 1 rings (SSSR count). The van der Waals surface area contributed by atoms with Crippen LogP contribution in [0.15, 0.2) is 22.7 Å². The second-order valence-electron chi connectivity index (χ2n) is 1.06. The number of hydrogen-bond donors (Lipinski definition) is 1. The second kappa shape index (κ2) is 3.80. The first kappa shape index (κ1) is 7.85. The summed E-state index contributed by atoms with van der Waals surface area (Å²) in [5, 5.41) is 2.61. The van der Waals surface area contributed by atoms with Crippen LogP contribution in [-0.4, -0.2) is 0 Å². The van der Waals surface area contributed by atoms with Crippen LogP contribution in [-0.2, 0) is 0 Å². The third kappa shape index (κ3) is 2.23. The number of allylic oxidation sites excluding steroid dienone is 2. The van der Waals surface area contributed by atoms with Crippen LogP contribution in [0.5, 0.6) is 0 Å². The molecule has 1 aliphatic rings. The lowest BCUT2D eigenvalue weighted by molar-refractivity contribution is 1.11. The molecule has 0 saturated carbocycles. The summed E-state index contributed by atoms with van der Waals surface area (Å²) in [5.74, 6) is 0. The lowest BCUT2D eigenvalue weighted by Gasteiger charge is -2.00. The fourth-order valence-corrected chi connectivity index (χ4v) is 0.900. The molecular weight excluding hydrogens is 149 g/mol. The van der Waals surface area contributed by atoms with Gasteiger partial charge in [0.1, 0.15) is 5.16 Å². The van der Waals surface area contributed by atoms with E-state index in [-0.39, 0.29) is 4.70 Å². The van der Waals surface area contributed by atoms with Crippen LogP contribution in [0.1, 0.15) is 0 Å². The number of hydrogen-bond acceptors (Lipinski definition) is 2. The van der Waals surface area contributed by atoms with Crippen molar-refractivity contribution in [1.82, 2.24) is 4.72 Å². The quantitative estimate of drug-likeness (QED) is 0.422. The van der Waals surface area contributed by atoms with Gasteiger partial charge in [-0.25, -0.2) is 0 Å². The highest BCUT2D eigenvalue weighted by Gasteiger charge is 1.88. The Bertz CT molecular complexity index is 123. The van der Waals surface area contributed by atoms with E-state index in [1.54, 1.807) is 6.08 Å². The maximum Gasteiger partial charge on any atom is 0.112 e. The molecule has 0 bridgehead atoms. The Balaban J connectivity index is 0.000000490. The van der Waals surface area contributed by atoms with E-state index in [0.29, 0.717) is 5.16 Å². The van der Waals surface area contributed by atoms with Gasteiger partial charge in [-0.1, -0.05) is 17.7 Å². The molecule has 0 unspecified atom stereocenters. The minimum atomic E-state index is 0. The molecule has 1 aliphatic heterocycles. The normalized spacial score (nSPS) is 15.9. The molecular formula is C4H5ClFNS. The summed E-state index contributed by atoms with van der Waals surface area (Å²) in [6.45, 7) is 0. The van der Waals surface area contributed by atoms with Crippen molar-refractivity contribution >= 4 is 23.5 Å². The second-order valence-corrected chi connectivity index (χ2v) is 2.18. The fraction of sp³-hybridized carbons (Fsp3) is 0. The Morgan fingerprint density at radius 1 is 1.62 bits per heavy atom. The van der Waals surface area contributed by atoms with Crippen molar-refractivity contribution in [3.05, 3.63) is 22.7 Å². The largest absolute Gasteiger partial charge is 0.317 e. The highest BCUT2D eigenvalue weighted by molar-refractivity contribution is 8.00. The molecule has 0 saturated heterocycles. The zero-order valence-corrected chi connectivity index (χ0v) is 5.50. The molecule has 0 aromatic carbocycles. The Morgan fingerprint density at radius 3 is 2.62 bits per heavy atom. The molecule has 0 atom stereocenters. The molecule has 1 nitrogen and oxygen atoms in total. The van der Waals surface area contributed by atoms with Crippen LogP contribution >= 0.6 is 23.5 Å². The van der Waals surface area contributed by atoms with Gasteiger partial charge in [0.15, 0.2) is 0 Å². The Hall–Kier alpha value is -0.150. The van der Waals surface area contributed by atoms with Crippen LogP contribution in [0.25, 0.3) is 0 Å². The van der Waals surface area contributed by atoms with E-state index in [1.807, 2.05) is 11.5 Å². The molecule has 0 aliphatic carbocycles. The average Bonchev–Trinajstić information content (AvgIpc) is 1.69. The lowest BCUT2D eigenvalue weighted by atomic mass is 10.6. The Kier molecular flexibility index (Phi) is 3.73. The van der Waals surface area contributed by atoms with Gasteiger partial charge in [0.05, 0.1) is 0 Å². The van der Waals surface area contributed by atoms with Gasteiger partial charge in [0.2, 0.25) is 0 Å². The van der Waals surface area contributed by atoms with E-state index in [9.17, 15) is 0 Å². The summed E-state index contributed by atoms with van der Waals surface area (Å²) in [5.41, 5.74) is 0. The number of rotatable bonds is 0. The van der Waals surface area contributed by atoms with E-state index in [1.165, 1.54) is 11.9 Å². The summed E-state index contributed by atoms with van der Waals surface area (Å²) in [4.78, 5) is 0. The summed E-state index contributed by atoms with van der Waals surface area (Å²) in [6.07, 6.45) is 3.70. The Labute approximate surface area is 56.3 Å². The van der Waals surface area contributed by atoms with E-state index in [4.69, 9.17) is 11.6 Å². The molecule has 4 heteroatoms. The molecule has 0 aromatic rings. The minimum absolute atomic E-state index is 0. The third-order valence-electron chi connectivity index (χ3n) is 0.546. The van der Waals surface area contributed by atoms with Crippen molar-refractivity contribution in [3.8, 4) is 0 Å². The van der Waals surface area contributed by atoms with Crippen LogP contribution in [0, 0.1) is 0 Å². The summed E-state index contributed by atoms with van der Waals surface area (Å²) in [7, 11) is 0. The van der Waals surface area contributed by atoms with Gasteiger partial charge < -0.3 is 4.72 Å². The SMILES string of the molecule is ClC1=CC=CSN1.F. The van der Waals surface area contributed by atoms with E-state index in [0.717, 1.165) is 0 Å². The molecule has 0 spiro atoms. The average molecular weight is 154 g/mol. The highest BCUT2D eigenvalue weighted by Crippen LogP contribution is 2.09. The van der Waals surface area contributed by atoms with Crippen molar-refractivity contribution in [3.63, 3.8) is 0 Å². The molecule has 0 amide bonds. The summed E-state index contributed by atoms with van der Waals surface area (Å²) < 4.78 is 2.84. The van der Waals surface area contributed by atoms with E-state index >= 15 is 0 Å². The van der Waals surface area contributed by atoms with Gasteiger partial charge in [0.25, 0.3) is 0 Å². The molecule has 1 heterocycles. The maximum absolute atomic E-state index is 5.49. The van der Waals surface area contributed by atoms with Crippen molar-refractivity contribution < 1.29 is 4.70 Å². The zero-order valence-electron chi connectivity index (χ0n) is 3.93. The van der Waals surface area contributed by atoms with Crippen LogP contribution in [0.2, 0.25) is 0 Å². The molecule has 1 N–H and O–H groups in total. The van der Waals surface area contributed by atoms with E-state index in [2.05, 4.69) is 4.72 Å². The van der Waals surface area contributed by atoms with Gasteiger partial charge in [-0.05, 0) is 23.4 Å². The molecule has 46 valence electrons. The predicted octanol–water partition coefficient (Wildman–Crippen LogP) is 1.98. The zero-order chi connectivity index (χ0) is 5.11. The Morgan fingerprint density at radius 2 is 2.38 bits per heavy atom. The van der Waals surface area contributed by atoms with Crippen molar-refractivity contribution in [1.29, 1.82) is 0 Å². The first-order valence-electron chi connectivity index (χ1n) is 1.83. The maximum atomic E-state index is 5.49. The van der Waals surface area contributed by atoms with Crippen LogP contribution in [0.3, 0.4) is 0 Å². The van der Waals surface area contributed by atoms with Crippen LogP contribution in [0.4, 0.5) is 4.70 Å². The molecule has 8 heavy (non-hydrogen) atoms. The predicted molar refractivity (Wildman–Crippen MR) is 36.3 cm³/mol. The van der Waals surface area contributed by atoms with Crippen molar-refractivity contribution in [2.24, 2.45) is 0 Å². The van der Waals surface area contributed by atoms with Gasteiger partial charge >= 0.3 is 0 Å². The van der Waals surface area contributed by atoms with Crippen LogP contribution < -0.4 is 4.72 Å². The monoisotopic (exact) mass is 153 g/mol. The standard InChI is InChI=1S/C4H4ClNS.FH/c5-4-2-1-3-7-6-4;/h1-3,6H;1H. The lowest BCUT2D eigenvalue weighted by Crippen LogP contribution is -1.96. The topological polar surface area (TPSA) is 12.0 Å². The first-order chi connectivity index (χ1) is 3.39. The van der Waals surface area contributed by atoms with E-state index < -0.39 is 0 Å². The summed E-state index contributed by atoms with van der Waals surface area (Å²) >= 11 is 6.97. The molecule has 0 fully saturated rings. The smallest absolute Gasteiger partial charge is 0.112 e. The molecule has 0 radical (unpaired) electrons. The minimum Gasteiger partial charge on any atom is -0.317 e. The first-order valence-corrected chi connectivity index (χ1v) is 3.09. The van der Waals surface area contributed by atoms with Gasteiger partial charge in [-0.3, -0.25) is 4.70 Å². The van der Waals surface area contributed by atoms with Gasteiger partial charge in [-0.2, -0.15) is 0 Å². The number of nitrogens with one attached hydrogen (secondary N) is 1. The summed E-state index contributed by atoms with van der Waals surface area (Å²) in [6, 6.07) is 0. The third-order valence-corrected chi connectivity index (χ3v) is 1.51. The fourth-order valence-electron chi connectivity index (χ4n) is 0.287. The highest BCUT2D eigenvalue weighted by atomic mass is 35.5. The number of halogens is 2. The van der Waals surface area contributed by atoms with Crippen molar-refractivity contribution in [2.75, 3.05) is 0 Å².